The van der Waals surface area contributed by atoms with Crippen molar-refractivity contribution in [2.75, 3.05) is 11.1 Å². The molecular weight excluding hydrogens is 465 g/mol. The fourth-order valence-electron chi connectivity index (χ4n) is 2.69. The summed E-state index contributed by atoms with van der Waals surface area (Å²) in [6.45, 7) is 1.44. The number of rotatable bonds is 6. The quantitative estimate of drug-likeness (QED) is 0.205. The molecule has 0 fully saturated rings. The van der Waals surface area contributed by atoms with Crippen LogP contribution in [0.15, 0.2) is 46.3 Å². The van der Waals surface area contributed by atoms with Crippen molar-refractivity contribution in [2.45, 2.75) is 17.8 Å². The number of anilines is 2. The van der Waals surface area contributed by atoms with Crippen molar-refractivity contribution >= 4 is 58.1 Å². The largest absolute Gasteiger partial charge is 0.382 e. The molecule has 0 aliphatic rings. The predicted octanol–water partition coefficient (Wildman–Crippen LogP) is 4.42. The van der Waals surface area contributed by atoms with Crippen LogP contribution in [-0.2, 0) is 5.75 Å². The molecule has 0 aliphatic heterocycles. The minimum Gasteiger partial charge on any atom is -0.382 e. The van der Waals surface area contributed by atoms with E-state index in [1.165, 1.54) is 36.9 Å². The van der Waals surface area contributed by atoms with Crippen molar-refractivity contribution in [3.05, 3.63) is 83.6 Å². The van der Waals surface area contributed by atoms with Crippen LogP contribution < -0.4 is 16.6 Å². The Kier molecular flexibility index (Phi) is 6.84. The minimum absolute atomic E-state index is 0.0452. The third-order valence-corrected chi connectivity index (χ3v) is 5.80. The van der Waals surface area contributed by atoms with Gasteiger partial charge in [0.05, 0.1) is 4.92 Å². The van der Waals surface area contributed by atoms with Crippen molar-refractivity contribution in [3.63, 3.8) is 0 Å². The summed E-state index contributed by atoms with van der Waals surface area (Å²) in [7, 11) is 0. The summed E-state index contributed by atoms with van der Waals surface area (Å²) in [5.41, 5.74) is 5.76. The van der Waals surface area contributed by atoms with Gasteiger partial charge in [0.15, 0.2) is 11.0 Å². The lowest BCUT2D eigenvalue weighted by molar-refractivity contribution is -0.385. The number of carbonyl (C=O) groups is 1. The number of nitrogens with one attached hydrogen (secondary N) is 2. The Labute approximate surface area is 190 Å². The van der Waals surface area contributed by atoms with Crippen LogP contribution in [0.5, 0.6) is 0 Å². The van der Waals surface area contributed by atoms with Crippen molar-refractivity contribution in [1.82, 2.24) is 9.97 Å². The van der Waals surface area contributed by atoms with Crippen LogP contribution in [0.1, 0.15) is 21.5 Å². The molecule has 2 aromatic carbocycles. The lowest BCUT2D eigenvalue weighted by Gasteiger charge is -2.10. The smallest absolute Gasteiger partial charge is 0.277 e. The van der Waals surface area contributed by atoms with Crippen LogP contribution in [-0.4, -0.2) is 20.8 Å². The molecule has 31 heavy (non-hydrogen) atoms. The zero-order valence-corrected chi connectivity index (χ0v) is 18.3. The van der Waals surface area contributed by atoms with E-state index >= 15 is 0 Å². The van der Waals surface area contributed by atoms with Crippen molar-refractivity contribution in [3.8, 4) is 0 Å². The molecule has 1 heterocycles. The minimum atomic E-state index is -0.714. The van der Waals surface area contributed by atoms with Gasteiger partial charge in [0.1, 0.15) is 5.69 Å². The highest BCUT2D eigenvalue weighted by Crippen LogP contribution is 2.28. The first-order valence-corrected chi connectivity index (χ1v) is 10.4. The molecule has 9 nitrogen and oxygen atoms in total. The van der Waals surface area contributed by atoms with E-state index in [9.17, 15) is 19.7 Å². The second-order valence-corrected chi connectivity index (χ2v) is 8.12. The second kappa shape index (κ2) is 9.38. The molecule has 3 aromatic rings. The van der Waals surface area contributed by atoms with Crippen molar-refractivity contribution in [2.24, 2.45) is 0 Å². The number of amides is 1. The number of thioether (sulfide) groups is 1. The topological polar surface area (TPSA) is 144 Å². The van der Waals surface area contributed by atoms with Crippen molar-refractivity contribution in [1.29, 1.82) is 0 Å². The maximum absolute atomic E-state index is 12.6. The van der Waals surface area contributed by atoms with E-state index in [1.54, 1.807) is 18.2 Å². The maximum Gasteiger partial charge on any atom is 0.277 e. The Hall–Kier alpha value is -3.08. The Bertz CT molecular complexity index is 1250. The van der Waals surface area contributed by atoms with Gasteiger partial charge < -0.3 is 11.1 Å². The molecule has 0 spiro atoms. The predicted molar refractivity (Wildman–Crippen MR) is 121 cm³/mol. The standard InChI is InChI=1S/C19H15Cl2N5O4S/c1-9-12(3-2-4-14(9)26(29)30)17(27)23-15-16(22)24-19(25-18(15)28)31-8-10-5-6-11(20)7-13(10)21/h2-7H,8H2,1H3,(H,23,27)(H3,22,24,25,28). The second-order valence-electron chi connectivity index (χ2n) is 6.32. The lowest BCUT2D eigenvalue weighted by atomic mass is 10.1. The Morgan fingerprint density at radius 2 is 2.06 bits per heavy atom. The number of nitrogens with two attached hydrogens (primary N) is 1. The molecule has 0 unspecified atom stereocenters. The van der Waals surface area contributed by atoms with Crippen LogP contribution in [0.3, 0.4) is 0 Å². The molecule has 4 N–H and O–H groups in total. The summed E-state index contributed by atoms with van der Waals surface area (Å²) in [6, 6.07) is 9.15. The van der Waals surface area contributed by atoms with E-state index in [-0.39, 0.29) is 33.5 Å². The van der Waals surface area contributed by atoms with Gasteiger partial charge in [-0.3, -0.25) is 24.7 Å². The fourth-order valence-corrected chi connectivity index (χ4v) is 4.12. The van der Waals surface area contributed by atoms with Gasteiger partial charge >= 0.3 is 0 Å². The molecule has 0 saturated heterocycles. The number of carbonyl (C=O) groups excluding carboxylic acids is 1. The summed E-state index contributed by atoms with van der Waals surface area (Å²) in [5.74, 6) is -0.504. The third-order valence-electron chi connectivity index (χ3n) is 4.29. The number of aromatic nitrogens is 2. The average Bonchev–Trinajstić information content (AvgIpc) is 2.70. The zero-order valence-electron chi connectivity index (χ0n) is 15.9. The molecule has 1 amide bonds. The number of hydrogen-bond acceptors (Lipinski definition) is 7. The van der Waals surface area contributed by atoms with Crippen molar-refractivity contribution < 1.29 is 9.72 Å². The summed E-state index contributed by atoms with van der Waals surface area (Å²) in [4.78, 5) is 42.2. The summed E-state index contributed by atoms with van der Waals surface area (Å²) < 4.78 is 0. The summed E-state index contributed by atoms with van der Waals surface area (Å²) in [6.07, 6.45) is 0. The first kappa shape index (κ1) is 22.6. The number of nitrogens with zero attached hydrogens (tertiary/aromatic N) is 2. The number of benzene rings is 2. The number of hydrogen-bond donors (Lipinski definition) is 3. The number of nitro groups is 1. The molecule has 0 aliphatic carbocycles. The molecule has 0 bridgehead atoms. The van der Waals surface area contributed by atoms with Crippen LogP contribution >= 0.6 is 35.0 Å². The monoisotopic (exact) mass is 479 g/mol. The van der Waals surface area contributed by atoms with Crippen LogP contribution in [0, 0.1) is 17.0 Å². The Balaban J connectivity index is 1.79. The number of nitrogen functional groups attached to an aromatic ring is 1. The highest BCUT2D eigenvalue weighted by atomic mass is 35.5. The number of halogens is 2. The molecule has 1 aromatic heterocycles. The molecule has 0 radical (unpaired) electrons. The molecule has 3 rings (SSSR count). The van der Waals surface area contributed by atoms with Crippen LogP contribution in [0.25, 0.3) is 0 Å². The third kappa shape index (κ3) is 5.16. The molecular formula is C19H15Cl2N5O4S. The first-order chi connectivity index (χ1) is 14.7. The van der Waals surface area contributed by atoms with E-state index in [0.29, 0.717) is 15.8 Å². The van der Waals surface area contributed by atoms with E-state index in [2.05, 4.69) is 15.3 Å². The fraction of sp³-hybridized carbons (Fsp3) is 0.105. The number of H-pyrrole nitrogens is 1. The zero-order chi connectivity index (χ0) is 22.7. The highest BCUT2D eigenvalue weighted by Gasteiger charge is 2.20. The lowest BCUT2D eigenvalue weighted by Crippen LogP contribution is -2.23. The van der Waals surface area contributed by atoms with Gasteiger partial charge in [-0.25, -0.2) is 4.98 Å². The Morgan fingerprint density at radius 1 is 1.32 bits per heavy atom. The average molecular weight is 480 g/mol. The van der Waals surface area contributed by atoms with Gasteiger partial charge in [-0.15, -0.1) is 0 Å². The molecule has 12 heteroatoms. The first-order valence-electron chi connectivity index (χ1n) is 8.69. The van der Waals surface area contributed by atoms with Crippen LogP contribution in [0.2, 0.25) is 10.0 Å². The summed E-state index contributed by atoms with van der Waals surface area (Å²) >= 11 is 13.2. The van der Waals surface area contributed by atoms with Gasteiger partial charge in [-0.2, -0.15) is 0 Å². The normalized spacial score (nSPS) is 10.7. The Morgan fingerprint density at radius 3 is 2.71 bits per heavy atom. The molecule has 160 valence electrons. The number of nitro benzene ring substituents is 1. The molecule has 0 atom stereocenters. The highest BCUT2D eigenvalue weighted by molar-refractivity contribution is 7.98. The maximum atomic E-state index is 12.6. The van der Waals surface area contributed by atoms with E-state index in [4.69, 9.17) is 28.9 Å². The van der Waals surface area contributed by atoms with Gasteiger partial charge in [-0.05, 0) is 30.7 Å². The van der Waals surface area contributed by atoms with Gasteiger partial charge in [-0.1, -0.05) is 47.1 Å². The number of aromatic amines is 1. The van der Waals surface area contributed by atoms with Gasteiger partial charge in [0.25, 0.3) is 17.2 Å². The van der Waals surface area contributed by atoms with Gasteiger partial charge in [0.2, 0.25) is 0 Å². The van der Waals surface area contributed by atoms with Crippen LogP contribution in [0.4, 0.5) is 17.2 Å². The van der Waals surface area contributed by atoms with E-state index in [0.717, 1.165) is 5.56 Å². The van der Waals surface area contributed by atoms with Gasteiger partial charge in [0, 0.05) is 33.0 Å². The van der Waals surface area contributed by atoms with E-state index < -0.39 is 16.4 Å². The SMILES string of the molecule is Cc1c(C(=O)Nc2c(N)nc(SCc3ccc(Cl)cc3Cl)[nH]c2=O)cccc1[N+](=O)[O-]. The summed E-state index contributed by atoms with van der Waals surface area (Å²) in [5, 5.41) is 14.7. The molecule has 0 saturated carbocycles. The van der Waals surface area contributed by atoms with E-state index in [1.807, 2.05) is 0 Å².